The van der Waals surface area contributed by atoms with Crippen LogP contribution < -0.4 is 10.9 Å². The minimum absolute atomic E-state index is 0.122. The first-order chi connectivity index (χ1) is 8.31. The Labute approximate surface area is 98.8 Å². The van der Waals surface area contributed by atoms with Crippen LogP contribution in [0.2, 0.25) is 0 Å². The molecule has 0 aliphatic rings. The van der Waals surface area contributed by atoms with Gasteiger partial charge in [-0.1, -0.05) is 12.1 Å². The predicted octanol–water partition coefficient (Wildman–Crippen LogP) is 0.659. The third kappa shape index (κ3) is 2.89. The van der Waals surface area contributed by atoms with Crippen LogP contribution in [-0.2, 0) is 11.3 Å². The summed E-state index contributed by atoms with van der Waals surface area (Å²) in [6.07, 6.45) is 0. The second kappa shape index (κ2) is 5.56. The Bertz CT molecular complexity index is 551. The molecule has 0 radical (unpaired) electrons. The van der Waals surface area contributed by atoms with Crippen molar-refractivity contribution in [2.45, 2.75) is 6.61 Å². The van der Waals surface area contributed by atoms with Crippen molar-refractivity contribution in [1.82, 2.24) is 15.3 Å². The van der Waals surface area contributed by atoms with E-state index in [0.29, 0.717) is 29.9 Å². The number of nitrogens with zero attached hydrogens (tertiary/aromatic N) is 1. The van der Waals surface area contributed by atoms with Gasteiger partial charge < -0.3 is 15.0 Å². The van der Waals surface area contributed by atoms with Gasteiger partial charge in [0.2, 0.25) is 0 Å². The maximum absolute atomic E-state index is 11.7. The van der Waals surface area contributed by atoms with Crippen LogP contribution in [0.15, 0.2) is 29.1 Å². The Balaban J connectivity index is 2.16. The number of hydrogen-bond acceptors (Lipinski definition) is 4. The number of aromatic nitrogens is 2. The molecule has 0 atom stereocenters. The lowest BCUT2D eigenvalue weighted by atomic mass is 10.2. The van der Waals surface area contributed by atoms with Gasteiger partial charge in [0.25, 0.3) is 5.56 Å². The van der Waals surface area contributed by atoms with Gasteiger partial charge >= 0.3 is 0 Å². The molecule has 0 fully saturated rings. The van der Waals surface area contributed by atoms with Crippen molar-refractivity contribution in [2.75, 3.05) is 20.2 Å². The first kappa shape index (κ1) is 11.8. The molecule has 2 N–H and O–H groups in total. The van der Waals surface area contributed by atoms with Gasteiger partial charge in [0, 0.05) is 6.54 Å². The first-order valence-corrected chi connectivity index (χ1v) is 5.51. The lowest BCUT2D eigenvalue weighted by Gasteiger charge is -2.04. The average Bonchev–Trinajstić information content (AvgIpc) is 2.35. The average molecular weight is 233 g/mol. The van der Waals surface area contributed by atoms with Crippen LogP contribution in [0.4, 0.5) is 0 Å². The van der Waals surface area contributed by atoms with E-state index in [0.717, 1.165) is 6.54 Å². The summed E-state index contributed by atoms with van der Waals surface area (Å²) in [6, 6.07) is 7.26. The minimum atomic E-state index is -0.122. The van der Waals surface area contributed by atoms with E-state index in [1.807, 2.05) is 25.2 Å². The molecule has 90 valence electrons. The molecule has 0 saturated heterocycles. The first-order valence-electron chi connectivity index (χ1n) is 5.51. The number of para-hydroxylation sites is 1. The molecule has 0 aliphatic carbocycles. The lowest BCUT2D eigenvalue weighted by Crippen LogP contribution is -2.16. The summed E-state index contributed by atoms with van der Waals surface area (Å²) in [4.78, 5) is 18.8. The molecule has 0 unspecified atom stereocenters. The third-order valence-electron chi connectivity index (χ3n) is 2.40. The highest BCUT2D eigenvalue weighted by Gasteiger charge is 2.02. The molecule has 2 rings (SSSR count). The van der Waals surface area contributed by atoms with Gasteiger partial charge in [-0.15, -0.1) is 0 Å². The molecule has 0 spiro atoms. The molecule has 17 heavy (non-hydrogen) atoms. The van der Waals surface area contributed by atoms with Crippen molar-refractivity contribution in [3.63, 3.8) is 0 Å². The zero-order valence-corrected chi connectivity index (χ0v) is 9.69. The molecule has 0 amide bonds. The highest BCUT2D eigenvalue weighted by Crippen LogP contribution is 2.05. The number of benzene rings is 1. The number of ether oxygens (including phenoxy) is 1. The molecule has 0 bridgehead atoms. The van der Waals surface area contributed by atoms with Gasteiger partial charge in [-0.2, -0.15) is 0 Å². The van der Waals surface area contributed by atoms with E-state index < -0.39 is 0 Å². The Morgan fingerprint density at radius 3 is 3.06 bits per heavy atom. The van der Waals surface area contributed by atoms with E-state index in [1.165, 1.54) is 0 Å². The van der Waals surface area contributed by atoms with E-state index in [2.05, 4.69) is 15.3 Å². The number of rotatable bonds is 5. The van der Waals surface area contributed by atoms with Gasteiger partial charge in [0.05, 0.1) is 17.5 Å². The van der Waals surface area contributed by atoms with E-state index in [4.69, 9.17) is 4.74 Å². The van der Waals surface area contributed by atoms with Crippen molar-refractivity contribution >= 4 is 10.9 Å². The van der Waals surface area contributed by atoms with Crippen LogP contribution in [0.3, 0.4) is 0 Å². The highest BCUT2D eigenvalue weighted by molar-refractivity contribution is 5.77. The fourth-order valence-corrected chi connectivity index (χ4v) is 1.55. The van der Waals surface area contributed by atoms with Crippen molar-refractivity contribution in [3.05, 3.63) is 40.4 Å². The summed E-state index contributed by atoms with van der Waals surface area (Å²) in [5.41, 5.74) is 0.575. The Kier molecular flexibility index (Phi) is 3.85. The number of likely N-dealkylation sites (N-methyl/N-ethyl adjacent to an activating group) is 1. The summed E-state index contributed by atoms with van der Waals surface area (Å²) in [5, 5.41) is 3.58. The molecule has 1 aromatic heterocycles. The lowest BCUT2D eigenvalue weighted by molar-refractivity contribution is 0.118. The number of hydrogen-bond donors (Lipinski definition) is 2. The van der Waals surface area contributed by atoms with Crippen molar-refractivity contribution in [2.24, 2.45) is 0 Å². The van der Waals surface area contributed by atoms with E-state index in [9.17, 15) is 4.79 Å². The van der Waals surface area contributed by atoms with Crippen LogP contribution in [0.25, 0.3) is 10.9 Å². The SMILES string of the molecule is CNCCOCc1nc2ccccc2c(=O)[nH]1. The number of nitrogens with one attached hydrogen (secondary N) is 2. The fraction of sp³-hybridized carbons (Fsp3) is 0.333. The van der Waals surface area contributed by atoms with Crippen molar-refractivity contribution < 1.29 is 4.74 Å². The standard InChI is InChI=1S/C12H15N3O2/c1-13-6-7-17-8-11-14-10-5-3-2-4-9(10)12(16)15-11/h2-5,13H,6-8H2,1H3,(H,14,15,16). The van der Waals surface area contributed by atoms with Gasteiger partial charge in [-0.3, -0.25) is 4.79 Å². The van der Waals surface area contributed by atoms with Gasteiger partial charge in [0.15, 0.2) is 0 Å². The largest absolute Gasteiger partial charge is 0.372 e. The number of H-pyrrole nitrogens is 1. The van der Waals surface area contributed by atoms with Crippen LogP contribution in [0.5, 0.6) is 0 Å². The summed E-state index contributed by atoms with van der Waals surface area (Å²) in [6.45, 7) is 1.69. The van der Waals surface area contributed by atoms with Crippen LogP contribution in [0, 0.1) is 0 Å². The Morgan fingerprint density at radius 1 is 1.41 bits per heavy atom. The summed E-state index contributed by atoms with van der Waals surface area (Å²) in [7, 11) is 1.86. The third-order valence-corrected chi connectivity index (χ3v) is 2.40. The van der Waals surface area contributed by atoms with Crippen LogP contribution in [0.1, 0.15) is 5.82 Å². The zero-order chi connectivity index (χ0) is 12.1. The minimum Gasteiger partial charge on any atom is -0.372 e. The second-order valence-corrected chi connectivity index (χ2v) is 3.69. The van der Waals surface area contributed by atoms with Crippen molar-refractivity contribution in [3.8, 4) is 0 Å². The maximum atomic E-state index is 11.7. The van der Waals surface area contributed by atoms with E-state index in [-0.39, 0.29) is 5.56 Å². The molecule has 2 aromatic rings. The zero-order valence-electron chi connectivity index (χ0n) is 9.69. The quantitative estimate of drug-likeness (QED) is 0.744. The topological polar surface area (TPSA) is 67.0 Å². The second-order valence-electron chi connectivity index (χ2n) is 3.69. The molecule has 0 aliphatic heterocycles. The molecule has 5 nitrogen and oxygen atoms in total. The molecule has 1 heterocycles. The van der Waals surface area contributed by atoms with E-state index >= 15 is 0 Å². The van der Waals surface area contributed by atoms with Crippen molar-refractivity contribution in [1.29, 1.82) is 0 Å². The fourth-order valence-electron chi connectivity index (χ4n) is 1.55. The molecule has 1 aromatic carbocycles. The monoisotopic (exact) mass is 233 g/mol. The smallest absolute Gasteiger partial charge is 0.258 e. The van der Waals surface area contributed by atoms with Gasteiger partial charge in [0.1, 0.15) is 12.4 Å². The molecular weight excluding hydrogens is 218 g/mol. The normalized spacial score (nSPS) is 10.9. The Morgan fingerprint density at radius 2 is 2.24 bits per heavy atom. The molecule has 0 saturated carbocycles. The summed E-state index contributed by atoms with van der Waals surface area (Å²) in [5.74, 6) is 0.560. The van der Waals surface area contributed by atoms with Gasteiger partial charge in [-0.25, -0.2) is 4.98 Å². The van der Waals surface area contributed by atoms with Crippen LogP contribution in [-0.4, -0.2) is 30.2 Å². The predicted molar refractivity (Wildman–Crippen MR) is 65.9 cm³/mol. The summed E-state index contributed by atoms with van der Waals surface area (Å²) < 4.78 is 5.37. The Hall–Kier alpha value is -1.72. The molecular formula is C12H15N3O2. The number of fused-ring (bicyclic) bond motifs is 1. The highest BCUT2D eigenvalue weighted by atomic mass is 16.5. The van der Waals surface area contributed by atoms with Gasteiger partial charge in [-0.05, 0) is 19.2 Å². The molecule has 5 heteroatoms. The van der Waals surface area contributed by atoms with Crippen LogP contribution >= 0.6 is 0 Å². The number of aromatic amines is 1. The maximum Gasteiger partial charge on any atom is 0.258 e. The summed E-state index contributed by atoms with van der Waals surface area (Å²) >= 11 is 0. The van der Waals surface area contributed by atoms with E-state index in [1.54, 1.807) is 6.07 Å².